The molecule has 3 aromatic heterocycles. The van der Waals surface area contributed by atoms with E-state index in [9.17, 15) is 57.4 Å². The third-order valence-corrected chi connectivity index (χ3v) is 12.7. The van der Waals surface area contributed by atoms with Gasteiger partial charge >= 0.3 is 0 Å². The van der Waals surface area contributed by atoms with E-state index in [1.165, 1.54) is 29.8 Å². The molecule has 26 heteroatoms. The number of benzene rings is 2. The summed E-state index contributed by atoms with van der Waals surface area (Å²) in [7, 11) is 0. The van der Waals surface area contributed by atoms with Crippen LogP contribution in [0.25, 0.3) is 11.1 Å². The minimum Gasteiger partial charge on any atom is -0.387 e. The average molecular weight is 1120 g/mol. The average Bonchev–Trinajstić information content (AvgIpc) is 4.35. The maximum Gasteiger partial charge on any atom is 0.254 e. The SMILES string of the molecule is CC(C)(C)C(c1cc(-c2cc(F)ccc2F)cn1Cc1ccccc1)N(CCC(NC(=O)C(CC(N)=O)NC(=O)[C@@H](Cc1cnc[nH]1)NC(=O)CNC(=O)Cc1ccncc1)C(=O)NCCNC(=O)CN1C(=O)C=CC1=O)C(=O)CO. The first kappa shape index (κ1) is 60.8. The molecule has 81 heavy (non-hydrogen) atoms. The molecule has 4 heterocycles. The van der Waals surface area contributed by atoms with Crippen LogP contribution in [0.15, 0.2) is 110 Å². The smallest absolute Gasteiger partial charge is 0.254 e. The van der Waals surface area contributed by atoms with Crippen molar-refractivity contribution in [2.75, 3.05) is 39.3 Å². The summed E-state index contributed by atoms with van der Waals surface area (Å²) in [5, 5.41) is 25.5. The number of primary amides is 1. The Morgan fingerprint density at radius 1 is 0.765 bits per heavy atom. The zero-order valence-electron chi connectivity index (χ0n) is 44.6. The molecule has 1 aliphatic rings. The second-order valence-electron chi connectivity index (χ2n) is 19.9. The number of carbonyl (C=O) groups is 10. The lowest BCUT2D eigenvalue weighted by Crippen LogP contribution is -2.59. The van der Waals surface area contributed by atoms with Crippen LogP contribution in [0.5, 0.6) is 0 Å². The van der Waals surface area contributed by atoms with E-state index in [1.807, 2.05) is 30.3 Å². The largest absolute Gasteiger partial charge is 0.387 e. The normalized spacial score (nSPS) is 13.6. The van der Waals surface area contributed by atoms with Crippen molar-refractivity contribution in [1.82, 2.24) is 61.2 Å². The van der Waals surface area contributed by atoms with E-state index >= 15 is 4.39 Å². The van der Waals surface area contributed by atoms with Crippen molar-refractivity contribution in [1.29, 1.82) is 0 Å². The molecule has 1 aliphatic heterocycles. The highest BCUT2D eigenvalue weighted by molar-refractivity contribution is 6.14. The summed E-state index contributed by atoms with van der Waals surface area (Å²) in [5.41, 5.74) is 7.04. The van der Waals surface area contributed by atoms with E-state index in [2.05, 4.69) is 46.9 Å². The highest BCUT2D eigenvalue weighted by Gasteiger charge is 2.39. The van der Waals surface area contributed by atoms with Crippen molar-refractivity contribution in [2.24, 2.45) is 11.1 Å². The number of aliphatic hydroxyl groups excluding tert-OH is 1. The number of aromatic amines is 1. The lowest BCUT2D eigenvalue weighted by atomic mass is 9.82. The summed E-state index contributed by atoms with van der Waals surface area (Å²) >= 11 is 0. The van der Waals surface area contributed by atoms with Gasteiger partial charge in [-0.1, -0.05) is 51.1 Å². The molecule has 24 nitrogen and oxygen atoms in total. The van der Waals surface area contributed by atoms with Gasteiger partial charge in [-0.25, -0.2) is 13.8 Å². The Balaban J connectivity index is 1.27. The van der Waals surface area contributed by atoms with E-state index in [0.717, 1.165) is 35.9 Å². The van der Waals surface area contributed by atoms with Gasteiger partial charge in [0.05, 0.1) is 31.8 Å². The van der Waals surface area contributed by atoms with Crippen molar-refractivity contribution in [3.05, 3.63) is 144 Å². The quantitative estimate of drug-likeness (QED) is 0.0235. The topological polar surface area (TPSA) is 342 Å². The molecule has 2 aromatic carbocycles. The molecule has 428 valence electrons. The predicted molar refractivity (Wildman–Crippen MR) is 286 cm³/mol. The molecule has 0 saturated carbocycles. The molecule has 4 atom stereocenters. The van der Waals surface area contributed by atoms with E-state index in [4.69, 9.17) is 5.73 Å². The molecule has 5 aromatic rings. The van der Waals surface area contributed by atoms with E-state index in [0.29, 0.717) is 21.9 Å². The van der Waals surface area contributed by atoms with Gasteiger partial charge in [-0.05, 0) is 59.4 Å². The van der Waals surface area contributed by atoms with Gasteiger partial charge < -0.3 is 57.2 Å². The van der Waals surface area contributed by atoms with Crippen LogP contribution in [0.3, 0.4) is 0 Å². The number of aromatic nitrogens is 4. The highest BCUT2D eigenvalue weighted by atomic mass is 19.1. The standard InChI is InChI=1S/C55H63F2N13O11/c1-55(2,3)51(43-22-35(38-23-36(56)9-10-39(38)57)29-68(43)28-34-7-5-4-6-8-34)69(50(78)31-71)20-15-40(52(79)62-19-18-61-47(75)30-70-48(76)11-12-49(70)77)66-54(81)42(25-44(58)72)67-53(80)41(24-37-26-60-32-64-37)65-46(74)27-63-45(73)21-33-13-16-59-17-14-33/h4-14,16-17,22-23,26,29,32,40-42,51,71H,15,18-21,24-25,27-28,30-31H2,1-3H3,(H2,58,72)(H,60,64)(H,61,75)(H,62,79)(H,63,73)(H,65,74)(H,66,81)(H,67,80)/t40?,41-,42?,51?/m1/s1. The third-order valence-electron chi connectivity index (χ3n) is 12.7. The number of aliphatic hydroxyl groups is 1. The molecular formula is C55H63F2N13O11. The lowest BCUT2D eigenvalue weighted by molar-refractivity contribution is -0.141. The summed E-state index contributed by atoms with van der Waals surface area (Å²) < 4.78 is 31.9. The van der Waals surface area contributed by atoms with Crippen molar-refractivity contribution in [3.63, 3.8) is 0 Å². The Hall–Kier alpha value is -9.46. The minimum absolute atomic E-state index is 0.0738. The molecular weight excluding hydrogens is 1060 g/mol. The number of H-pyrrole nitrogens is 1. The minimum atomic E-state index is -1.81. The molecule has 10 N–H and O–H groups in total. The first-order valence-electron chi connectivity index (χ1n) is 25.6. The fraction of sp³-hybridized carbons (Fsp3) is 0.345. The Kier molecular flexibility index (Phi) is 21.3. The summed E-state index contributed by atoms with van der Waals surface area (Å²) in [5.74, 6) is -9.85. The lowest BCUT2D eigenvalue weighted by Gasteiger charge is -2.41. The van der Waals surface area contributed by atoms with Gasteiger partial charge in [-0.15, -0.1) is 0 Å². The number of hydrogen-bond acceptors (Lipinski definition) is 13. The summed E-state index contributed by atoms with van der Waals surface area (Å²) in [4.78, 5) is 145. The van der Waals surface area contributed by atoms with Crippen LogP contribution in [0.1, 0.15) is 62.2 Å². The molecule has 10 amide bonds. The van der Waals surface area contributed by atoms with Crippen LogP contribution in [-0.4, -0.2) is 151 Å². The fourth-order valence-electron chi connectivity index (χ4n) is 8.89. The second-order valence-corrected chi connectivity index (χ2v) is 19.9. The van der Waals surface area contributed by atoms with Gasteiger partial charge in [0.1, 0.15) is 42.9 Å². The van der Waals surface area contributed by atoms with Crippen molar-refractivity contribution in [2.45, 2.75) is 77.2 Å². The molecule has 0 saturated heterocycles. The number of halogens is 2. The molecule has 0 fully saturated rings. The zero-order valence-corrected chi connectivity index (χ0v) is 44.6. The number of pyridine rings is 1. The van der Waals surface area contributed by atoms with Crippen LogP contribution in [0.2, 0.25) is 0 Å². The molecule has 3 unspecified atom stereocenters. The monoisotopic (exact) mass is 1120 g/mol. The van der Waals surface area contributed by atoms with E-state index < -0.39 is 139 Å². The van der Waals surface area contributed by atoms with Crippen LogP contribution in [0, 0.1) is 17.0 Å². The van der Waals surface area contributed by atoms with Gasteiger partial charge in [0.15, 0.2) is 0 Å². The van der Waals surface area contributed by atoms with Crippen LogP contribution in [-0.2, 0) is 67.3 Å². The maximum atomic E-state index is 15.4. The Labute approximate surface area is 463 Å². The molecule has 0 bridgehead atoms. The second kappa shape index (κ2) is 28.4. The van der Waals surface area contributed by atoms with Crippen molar-refractivity contribution < 1.29 is 61.8 Å². The number of hydrogen-bond donors (Lipinski definition) is 9. The van der Waals surface area contributed by atoms with Gasteiger partial charge in [-0.2, -0.15) is 0 Å². The molecule has 0 radical (unpaired) electrons. The van der Waals surface area contributed by atoms with E-state index in [1.54, 1.807) is 49.7 Å². The summed E-state index contributed by atoms with van der Waals surface area (Å²) in [6, 6.07) is 11.1. The van der Waals surface area contributed by atoms with Gasteiger partial charge in [0.2, 0.25) is 47.3 Å². The number of nitrogens with one attached hydrogen (secondary N) is 7. The Bertz CT molecular complexity index is 3100. The number of amides is 10. The van der Waals surface area contributed by atoms with Crippen LogP contribution in [0.4, 0.5) is 8.78 Å². The van der Waals surface area contributed by atoms with Crippen molar-refractivity contribution in [3.8, 4) is 11.1 Å². The highest BCUT2D eigenvalue weighted by Crippen LogP contribution is 2.41. The third kappa shape index (κ3) is 17.8. The maximum absolute atomic E-state index is 15.4. The fourth-order valence-corrected chi connectivity index (χ4v) is 8.89. The number of carbonyl (C=O) groups excluding carboxylic acids is 10. The zero-order chi connectivity index (χ0) is 58.8. The number of nitrogens with two attached hydrogens (primary N) is 1. The van der Waals surface area contributed by atoms with Gasteiger partial charge in [-0.3, -0.25) is 57.8 Å². The number of imidazole rings is 1. The first-order valence-corrected chi connectivity index (χ1v) is 25.6. The van der Waals surface area contributed by atoms with Crippen LogP contribution < -0.4 is 37.6 Å². The first-order chi connectivity index (χ1) is 38.6. The summed E-state index contributed by atoms with van der Waals surface area (Å²) in [6.45, 7) is 2.42. The summed E-state index contributed by atoms with van der Waals surface area (Å²) in [6.07, 6.45) is 7.73. The van der Waals surface area contributed by atoms with Crippen molar-refractivity contribution >= 4 is 59.1 Å². The predicted octanol–water partition coefficient (Wildman–Crippen LogP) is -0.0133. The molecule has 0 spiro atoms. The molecule has 6 rings (SSSR count). The Morgan fingerprint density at radius 2 is 1.44 bits per heavy atom. The Morgan fingerprint density at radius 3 is 2.10 bits per heavy atom. The van der Waals surface area contributed by atoms with E-state index in [-0.39, 0.29) is 43.6 Å². The number of rotatable bonds is 28. The van der Waals surface area contributed by atoms with Crippen LogP contribution >= 0.6 is 0 Å². The number of nitrogens with zero attached hydrogens (tertiary/aromatic N) is 5. The molecule has 0 aliphatic carbocycles. The van der Waals surface area contributed by atoms with Gasteiger partial charge in [0.25, 0.3) is 11.8 Å². The number of imide groups is 1. The van der Waals surface area contributed by atoms with Gasteiger partial charge in [0, 0.05) is 92.1 Å².